The SMILES string of the molecule is CCc1ccc(-c2noc(CSc3nnc(-c4ccncc4)n3-c3ccc(OC)cc3)n2)cc1. The maximum Gasteiger partial charge on any atom is 0.237 e. The number of aromatic nitrogens is 6. The number of benzene rings is 2. The van der Waals surface area contributed by atoms with Crippen LogP contribution in [0.4, 0.5) is 0 Å². The van der Waals surface area contributed by atoms with Gasteiger partial charge in [-0.3, -0.25) is 9.55 Å². The molecule has 3 aromatic heterocycles. The summed E-state index contributed by atoms with van der Waals surface area (Å²) in [5.41, 5.74) is 4.03. The minimum atomic E-state index is 0.463. The highest BCUT2D eigenvalue weighted by Gasteiger charge is 2.18. The van der Waals surface area contributed by atoms with E-state index in [1.807, 2.05) is 53.1 Å². The van der Waals surface area contributed by atoms with Crippen molar-refractivity contribution in [2.45, 2.75) is 24.3 Å². The topological polar surface area (TPSA) is 91.8 Å². The van der Waals surface area contributed by atoms with Gasteiger partial charge in [-0.1, -0.05) is 48.1 Å². The molecule has 0 unspecified atom stereocenters. The van der Waals surface area contributed by atoms with Crippen molar-refractivity contribution in [1.29, 1.82) is 0 Å². The van der Waals surface area contributed by atoms with Crippen molar-refractivity contribution in [3.8, 4) is 34.2 Å². The van der Waals surface area contributed by atoms with E-state index in [-0.39, 0.29) is 0 Å². The van der Waals surface area contributed by atoms with Crippen LogP contribution in [0.2, 0.25) is 0 Å². The summed E-state index contributed by atoms with van der Waals surface area (Å²) in [5.74, 6) is 3.06. The summed E-state index contributed by atoms with van der Waals surface area (Å²) in [5, 5.41) is 13.8. The Hall–Kier alpha value is -3.98. The van der Waals surface area contributed by atoms with Crippen LogP contribution in [0, 0.1) is 0 Å². The average molecular weight is 471 g/mol. The lowest BCUT2D eigenvalue weighted by atomic mass is 10.1. The molecule has 0 aliphatic carbocycles. The van der Waals surface area contributed by atoms with Crippen molar-refractivity contribution < 1.29 is 9.26 Å². The fraction of sp³-hybridized carbons (Fsp3) is 0.160. The molecule has 0 saturated heterocycles. The smallest absolute Gasteiger partial charge is 0.237 e. The van der Waals surface area contributed by atoms with E-state index in [0.717, 1.165) is 34.8 Å². The highest BCUT2D eigenvalue weighted by Crippen LogP contribution is 2.30. The molecule has 3 heterocycles. The minimum Gasteiger partial charge on any atom is -0.497 e. The fourth-order valence-corrected chi connectivity index (χ4v) is 4.25. The van der Waals surface area contributed by atoms with E-state index in [4.69, 9.17) is 9.26 Å². The Balaban J connectivity index is 1.41. The summed E-state index contributed by atoms with van der Waals surface area (Å²) in [4.78, 5) is 8.67. The van der Waals surface area contributed by atoms with Crippen molar-refractivity contribution in [3.63, 3.8) is 0 Å². The van der Waals surface area contributed by atoms with Crippen LogP contribution in [0.3, 0.4) is 0 Å². The van der Waals surface area contributed by atoms with Crippen LogP contribution < -0.4 is 4.74 Å². The number of rotatable bonds is 8. The molecule has 0 bridgehead atoms. The van der Waals surface area contributed by atoms with Gasteiger partial charge in [0, 0.05) is 29.2 Å². The van der Waals surface area contributed by atoms with Crippen LogP contribution in [0.15, 0.2) is 82.7 Å². The lowest BCUT2D eigenvalue weighted by Crippen LogP contribution is -2.00. The quantitative estimate of drug-likeness (QED) is 0.284. The molecule has 0 radical (unpaired) electrons. The third-order valence-electron chi connectivity index (χ3n) is 5.32. The molecule has 0 atom stereocenters. The number of thioether (sulfide) groups is 1. The molecule has 34 heavy (non-hydrogen) atoms. The predicted octanol–water partition coefficient (Wildman–Crippen LogP) is 5.24. The molecule has 2 aromatic carbocycles. The first-order chi connectivity index (χ1) is 16.7. The zero-order valence-electron chi connectivity index (χ0n) is 18.8. The number of ether oxygens (including phenoxy) is 1. The molecule has 0 aliphatic heterocycles. The average Bonchev–Trinajstić information content (AvgIpc) is 3.55. The summed E-state index contributed by atoms with van der Waals surface area (Å²) >= 11 is 1.48. The molecule has 0 fully saturated rings. The van der Waals surface area contributed by atoms with Gasteiger partial charge in [0.15, 0.2) is 11.0 Å². The molecule has 5 aromatic rings. The van der Waals surface area contributed by atoms with Gasteiger partial charge in [-0.15, -0.1) is 10.2 Å². The second-order valence-electron chi connectivity index (χ2n) is 7.43. The highest BCUT2D eigenvalue weighted by atomic mass is 32.2. The Labute approximate surface area is 201 Å². The van der Waals surface area contributed by atoms with Gasteiger partial charge in [-0.2, -0.15) is 4.98 Å². The first-order valence-electron chi connectivity index (χ1n) is 10.8. The van der Waals surface area contributed by atoms with Gasteiger partial charge in [0.05, 0.1) is 12.9 Å². The summed E-state index contributed by atoms with van der Waals surface area (Å²) in [6.45, 7) is 2.13. The van der Waals surface area contributed by atoms with Gasteiger partial charge in [0.2, 0.25) is 11.7 Å². The first-order valence-corrected chi connectivity index (χ1v) is 11.8. The standard InChI is InChI=1S/C25H22N6O2S/c1-3-17-4-6-18(7-5-17)23-27-22(33-30-23)16-34-25-29-28-24(19-12-14-26-15-13-19)31(25)20-8-10-21(32-2)11-9-20/h4-15H,3,16H2,1-2H3. The molecule has 0 amide bonds. The van der Waals surface area contributed by atoms with Crippen molar-refractivity contribution >= 4 is 11.8 Å². The van der Waals surface area contributed by atoms with E-state index in [9.17, 15) is 0 Å². The van der Waals surface area contributed by atoms with E-state index < -0.39 is 0 Å². The molecule has 5 rings (SSSR count). The molecule has 0 N–H and O–H groups in total. The Bertz CT molecular complexity index is 1370. The lowest BCUT2D eigenvalue weighted by Gasteiger charge is -2.10. The third-order valence-corrected chi connectivity index (χ3v) is 6.23. The van der Waals surface area contributed by atoms with Crippen LogP contribution >= 0.6 is 11.8 Å². The Morgan fingerprint density at radius 1 is 0.912 bits per heavy atom. The summed E-state index contributed by atoms with van der Waals surface area (Å²) < 4.78 is 12.8. The molecule has 0 spiro atoms. The van der Waals surface area contributed by atoms with Gasteiger partial charge in [-0.05, 0) is 48.4 Å². The van der Waals surface area contributed by atoms with E-state index in [1.165, 1.54) is 17.3 Å². The Kier molecular flexibility index (Phi) is 6.35. The second kappa shape index (κ2) is 9.88. The number of hydrogen-bond acceptors (Lipinski definition) is 8. The van der Waals surface area contributed by atoms with Crippen LogP contribution in [-0.4, -0.2) is 37.0 Å². The van der Waals surface area contributed by atoms with Crippen molar-refractivity contribution in [1.82, 2.24) is 29.9 Å². The number of methoxy groups -OCH3 is 1. The molecule has 8 nitrogen and oxygen atoms in total. The van der Waals surface area contributed by atoms with E-state index in [2.05, 4.69) is 44.4 Å². The molecular weight excluding hydrogens is 448 g/mol. The summed E-state index contributed by atoms with van der Waals surface area (Å²) in [6, 6.07) is 19.8. The fourth-order valence-electron chi connectivity index (χ4n) is 3.46. The third kappa shape index (κ3) is 4.55. The number of pyridine rings is 1. The highest BCUT2D eigenvalue weighted by molar-refractivity contribution is 7.98. The van der Waals surface area contributed by atoms with Crippen molar-refractivity contribution in [2.24, 2.45) is 0 Å². The molecule has 0 aliphatic rings. The zero-order chi connectivity index (χ0) is 23.3. The van der Waals surface area contributed by atoms with E-state index in [0.29, 0.717) is 22.6 Å². The maximum absolute atomic E-state index is 5.50. The van der Waals surface area contributed by atoms with Crippen molar-refractivity contribution in [3.05, 3.63) is 84.5 Å². The van der Waals surface area contributed by atoms with Crippen LogP contribution in [0.1, 0.15) is 18.4 Å². The van der Waals surface area contributed by atoms with Gasteiger partial charge >= 0.3 is 0 Å². The number of aryl methyl sites for hydroxylation is 1. The van der Waals surface area contributed by atoms with Crippen LogP contribution in [0.5, 0.6) is 5.75 Å². The number of hydrogen-bond donors (Lipinski definition) is 0. The largest absolute Gasteiger partial charge is 0.497 e. The normalized spacial score (nSPS) is 11.0. The van der Waals surface area contributed by atoms with Crippen molar-refractivity contribution in [2.75, 3.05) is 7.11 Å². The maximum atomic E-state index is 5.50. The minimum absolute atomic E-state index is 0.463. The van der Waals surface area contributed by atoms with E-state index >= 15 is 0 Å². The van der Waals surface area contributed by atoms with E-state index in [1.54, 1.807) is 19.5 Å². The summed E-state index contributed by atoms with van der Waals surface area (Å²) in [7, 11) is 1.65. The Morgan fingerprint density at radius 2 is 1.68 bits per heavy atom. The summed E-state index contributed by atoms with van der Waals surface area (Å²) in [6.07, 6.45) is 4.47. The molecule has 0 saturated carbocycles. The van der Waals surface area contributed by atoms with Gasteiger partial charge in [-0.25, -0.2) is 0 Å². The molecule has 170 valence electrons. The lowest BCUT2D eigenvalue weighted by molar-refractivity contribution is 0.391. The Morgan fingerprint density at radius 3 is 2.38 bits per heavy atom. The zero-order valence-corrected chi connectivity index (χ0v) is 19.6. The molecular formula is C25H22N6O2S. The number of nitrogens with zero attached hydrogens (tertiary/aromatic N) is 6. The van der Waals surface area contributed by atoms with Crippen LogP contribution in [-0.2, 0) is 12.2 Å². The second-order valence-corrected chi connectivity index (χ2v) is 8.37. The van der Waals surface area contributed by atoms with Gasteiger partial charge in [0.1, 0.15) is 5.75 Å². The first kappa shape index (κ1) is 21.8. The van der Waals surface area contributed by atoms with Gasteiger partial charge in [0.25, 0.3) is 0 Å². The molecule has 9 heteroatoms. The van der Waals surface area contributed by atoms with Crippen LogP contribution in [0.25, 0.3) is 28.5 Å². The monoisotopic (exact) mass is 470 g/mol. The van der Waals surface area contributed by atoms with Gasteiger partial charge < -0.3 is 9.26 Å². The predicted molar refractivity (Wildman–Crippen MR) is 130 cm³/mol.